The summed E-state index contributed by atoms with van der Waals surface area (Å²) in [6.07, 6.45) is 3.49. The maximum atomic E-state index is 13.2. The molecule has 0 saturated carbocycles. The molecule has 2 aromatic rings. The highest BCUT2D eigenvalue weighted by Gasteiger charge is 2.28. The highest BCUT2D eigenvalue weighted by Crippen LogP contribution is 2.20. The number of halogens is 1. The van der Waals surface area contributed by atoms with Crippen molar-refractivity contribution in [2.75, 3.05) is 6.54 Å². The summed E-state index contributed by atoms with van der Waals surface area (Å²) in [5.41, 5.74) is 1.96. The van der Waals surface area contributed by atoms with Crippen molar-refractivity contribution < 1.29 is 9.59 Å². The molecular formula is C24H31ClN2O2. The first-order valence-corrected chi connectivity index (χ1v) is 10.8. The van der Waals surface area contributed by atoms with E-state index in [4.69, 9.17) is 11.6 Å². The second-order valence-electron chi connectivity index (χ2n) is 7.17. The Morgan fingerprint density at radius 2 is 1.72 bits per heavy atom. The third-order valence-corrected chi connectivity index (χ3v) is 5.35. The quantitative estimate of drug-likeness (QED) is 0.526. The number of nitrogens with one attached hydrogen (secondary N) is 1. The van der Waals surface area contributed by atoms with Crippen LogP contribution in [0, 0.1) is 0 Å². The van der Waals surface area contributed by atoms with Crippen LogP contribution >= 0.6 is 11.6 Å². The first kappa shape index (κ1) is 23.0. The van der Waals surface area contributed by atoms with Crippen LogP contribution in [0.3, 0.4) is 0 Å². The van der Waals surface area contributed by atoms with Gasteiger partial charge in [-0.25, -0.2) is 0 Å². The van der Waals surface area contributed by atoms with Crippen molar-refractivity contribution in [2.24, 2.45) is 0 Å². The maximum absolute atomic E-state index is 13.2. The number of carbonyl (C=O) groups is 2. The summed E-state index contributed by atoms with van der Waals surface area (Å²) in [7, 11) is 0. The topological polar surface area (TPSA) is 49.4 Å². The molecule has 2 rings (SSSR count). The molecule has 0 aliphatic heterocycles. The number of hydrogen-bond donors (Lipinski definition) is 1. The summed E-state index contributed by atoms with van der Waals surface area (Å²) in [6.45, 7) is 4.98. The van der Waals surface area contributed by atoms with E-state index in [9.17, 15) is 9.59 Å². The molecule has 29 heavy (non-hydrogen) atoms. The monoisotopic (exact) mass is 414 g/mol. The van der Waals surface area contributed by atoms with E-state index in [2.05, 4.69) is 12.2 Å². The van der Waals surface area contributed by atoms with Gasteiger partial charge in [0.05, 0.1) is 0 Å². The summed E-state index contributed by atoms with van der Waals surface area (Å²) in [5, 5.41) is 3.58. The number of unbranched alkanes of at least 4 members (excludes halogenated alkanes) is 1. The smallest absolute Gasteiger partial charge is 0.242 e. The minimum absolute atomic E-state index is 0.0359. The number of benzene rings is 2. The van der Waals surface area contributed by atoms with Gasteiger partial charge in [-0.15, -0.1) is 0 Å². The third-order valence-electron chi connectivity index (χ3n) is 4.98. The first-order chi connectivity index (χ1) is 14.1. The second-order valence-corrected chi connectivity index (χ2v) is 7.57. The van der Waals surface area contributed by atoms with Crippen molar-refractivity contribution in [1.29, 1.82) is 0 Å². The third kappa shape index (κ3) is 7.21. The van der Waals surface area contributed by atoms with E-state index in [-0.39, 0.29) is 11.8 Å². The van der Waals surface area contributed by atoms with Crippen molar-refractivity contribution in [3.8, 4) is 0 Å². The Labute approximate surface area is 179 Å². The van der Waals surface area contributed by atoms with Gasteiger partial charge in [-0.2, -0.15) is 0 Å². The molecular weight excluding hydrogens is 384 g/mol. The zero-order valence-corrected chi connectivity index (χ0v) is 18.1. The highest BCUT2D eigenvalue weighted by molar-refractivity contribution is 6.31. The lowest BCUT2D eigenvalue weighted by Crippen LogP contribution is -2.49. The molecule has 0 fully saturated rings. The van der Waals surface area contributed by atoms with Crippen LogP contribution in [-0.2, 0) is 22.6 Å². The number of carbonyl (C=O) groups excluding carboxylic acids is 2. The molecule has 0 unspecified atom stereocenters. The fourth-order valence-corrected chi connectivity index (χ4v) is 3.47. The van der Waals surface area contributed by atoms with Crippen LogP contribution in [0.25, 0.3) is 0 Å². The van der Waals surface area contributed by atoms with Crippen LogP contribution in [0.2, 0.25) is 5.02 Å². The molecule has 1 N–H and O–H groups in total. The molecule has 0 saturated heterocycles. The lowest BCUT2D eigenvalue weighted by Gasteiger charge is -2.31. The number of aryl methyl sites for hydroxylation is 1. The van der Waals surface area contributed by atoms with Gasteiger partial charge < -0.3 is 10.2 Å². The molecule has 0 aliphatic rings. The summed E-state index contributed by atoms with van der Waals surface area (Å²) < 4.78 is 0. The zero-order chi connectivity index (χ0) is 21.1. The Morgan fingerprint density at radius 3 is 2.38 bits per heavy atom. The fraction of sp³-hybridized carbons (Fsp3) is 0.417. The molecule has 1 atom stereocenters. The Balaban J connectivity index is 2.17. The lowest BCUT2D eigenvalue weighted by molar-refractivity contribution is -0.141. The van der Waals surface area contributed by atoms with E-state index in [1.165, 1.54) is 0 Å². The van der Waals surface area contributed by atoms with Gasteiger partial charge in [0.1, 0.15) is 6.04 Å². The van der Waals surface area contributed by atoms with E-state index in [1.54, 1.807) is 4.90 Å². The molecule has 2 amide bonds. The normalized spacial score (nSPS) is 11.7. The maximum Gasteiger partial charge on any atom is 0.242 e. The second kappa shape index (κ2) is 12.3. The molecule has 0 bridgehead atoms. The summed E-state index contributed by atoms with van der Waals surface area (Å²) in [4.78, 5) is 27.7. The largest absolute Gasteiger partial charge is 0.354 e. The van der Waals surface area contributed by atoms with Gasteiger partial charge in [-0.05, 0) is 36.5 Å². The average Bonchev–Trinajstić information content (AvgIpc) is 2.74. The zero-order valence-electron chi connectivity index (χ0n) is 17.4. The van der Waals surface area contributed by atoms with E-state index in [1.807, 2.05) is 61.5 Å². The molecule has 0 radical (unpaired) electrons. The average molecular weight is 415 g/mol. The Bertz CT molecular complexity index is 779. The standard InChI is InChI=1S/C24H31ClN2O2/c1-3-5-17-26-24(29)22(4-2)27(18-20-13-9-10-14-21(20)25)23(28)16-15-19-11-7-6-8-12-19/h6-14,22H,3-5,15-18H2,1-2H3,(H,26,29)/t22-/m0/s1. The minimum Gasteiger partial charge on any atom is -0.354 e. The molecule has 0 aliphatic carbocycles. The van der Waals surface area contributed by atoms with Gasteiger partial charge in [0, 0.05) is 24.5 Å². The summed E-state index contributed by atoms with van der Waals surface area (Å²) >= 11 is 6.34. The number of amides is 2. The lowest BCUT2D eigenvalue weighted by atomic mass is 10.1. The van der Waals surface area contributed by atoms with Crippen LogP contribution in [0.15, 0.2) is 54.6 Å². The van der Waals surface area contributed by atoms with Gasteiger partial charge in [-0.1, -0.05) is 80.4 Å². The SMILES string of the molecule is CCCCNC(=O)[C@H](CC)N(Cc1ccccc1Cl)C(=O)CCc1ccccc1. The van der Waals surface area contributed by atoms with Gasteiger partial charge in [0.15, 0.2) is 0 Å². The summed E-state index contributed by atoms with van der Waals surface area (Å²) in [6, 6.07) is 16.9. The van der Waals surface area contributed by atoms with Crippen molar-refractivity contribution in [3.63, 3.8) is 0 Å². The van der Waals surface area contributed by atoms with Crippen LogP contribution in [0.4, 0.5) is 0 Å². The number of nitrogens with zero attached hydrogens (tertiary/aromatic N) is 1. The molecule has 0 aromatic heterocycles. The predicted octanol–water partition coefficient (Wildman–Crippen LogP) is 5.00. The van der Waals surface area contributed by atoms with Gasteiger partial charge in [-0.3, -0.25) is 9.59 Å². The van der Waals surface area contributed by atoms with E-state index in [0.717, 1.165) is 24.0 Å². The fourth-order valence-electron chi connectivity index (χ4n) is 3.28. The number of rotatable bonds is 11. The first-order valence-electron chi connectivity index (χ1n) is 10.4. The Hall–Kier alpha value is -2.33. The summed E-state index contributed by atoms with van der Waals surface area (Å²) in [5.74, 6) is -0.132. The van der Waals surface area contributed by atoms with Gasteiger partial charge >= 0.3 is 0 Å². The van der Waals surface area contributed by atoms with Crippen molar-refractivity contribution in [2.45, 2.75) is 58.5 Å². The molecule has 0 spiro atoms. The highest BCUT2D eigenvalue weighted by atomic mass is 35.5. The molecule has 5 heteroatoms. The molecule has 2 aromatic carbocycles. The molecule has 0 heterocycles. The predicted molar refractivity (Wildman–Crippen MR) is 119 cm³/mol. The molecule has 156 valence electrons. The van der Waals surface area contributed by atoms with Crippen LogP contribution in [0.1, 0.15) is 50.7 Å². The Morgan fingerprint density at radius 1 is 1.03 bits per heavy atom. The van der Waals surface area contributed by atoms with Gasteiger partial charge in [0.2, 0.25) is 11.8 Å². The van der Waals surface area contributed by atoms with E-state index >= 15 is 0 Å². The van der Waals surface area contributed by atoms with Crippen molar-refractivity contribution in [3.05, 3.63) is 70.7 Å². The Kier molecular flexibility index (Phi) is 9.72. The number of hydrogen-bond acceptors (Lipinski definition) is 2. The van der Waals surface area contributed by atoms with Crippen LogP contribution in [0.5, 0.6) is 0 Å². The van der Waals surface area contributed by atoms with E-state index < -0.39 is 6.04 Å². The van der Waals surface area contributed by atoms with Crippen molar-refractivity contribution >= 4 is 23.4 Å². The molecule has 4 nitrogen and oxygen atoms in total. The van der Waals surface area contributed by atoms with Crippen LogP contribution in [-0.4, -0.2) is 29.3 Å². The van der Waals surface area contributed by atoms with Crippen molar-refractivity contribution in [1.82, 2.24) is 10.2 Å². The van der Waals surface area contributed by atoms with E-state index in [0.29, 0.717) is 37.4 Å². The van der Waals surface area contributed by atoms with Crippen LogP contribution < -0.4 is 5.32 Å². The minimum atomic E-state index is -0.508. The van der Waals surface area contributed by atoms with Gasteiger partial charge in [0.25, 0.3) is 0 Å².